The Hall–Kier alpha value is -0.340. The molecule has 0 aromatic heterocycles. The van der Waals surface area contributed by atoms with Gasteiger partial charge in [0.2, 0.25) is 10.0 Å². The maximum Gasteiger partial charge on any atom is 0.240 e. The Morgan fingerprint density at radius 2 is 2.15 bits per heavy atom. The summed E-state index contributed by atoms with van der Waals surface area (Å²) in [7, 11) is -2.00. The molecule has 2 rings (SSSR count). The van der Waals surface area contributed by atoms with Gasteiger partial charge in [0, 0.05) is 12.6 Å². The highest BCUT2D eigenvalue weighted by Crippen LogP contribution is 2.31. The molecule has 1 atom stereocenters. The van der Waals surface area contributed by atoms with Crippen LogP contribution in [0.15, 0.2) is 27.6 Å². The van der Waals surface area contributed by atoms with Gasteiger partial charge in [0.05, 0.1) is 16.5 Å². The van der Waals surface area contributed by atoms with Crippen LogP contribution in [0.4, 0.5) is 0 Å². The van der Waals surface area contributed by atoms with Crippen LogP contribution >= 0.6 is 28.3 Å². The molecule has 0 bridgehead atoms. The standard InChI is InChI=1S/C12H17BrN2O3S.ClH/c1-18-12-5-4-9(6-10(12)13)19(16,17)15-7-11(14)8-2-3-8;/h4-6,8,11,15H,2-3,7,14H2,1H3;1H. The van der Waals surface area contributed by atoms with Gasteiger partial charge in [-0.05, 0) is 52.9 Å². The van der Waals surface area contributed by atoms with Crippen molar-refractivity contribution >= 4 is 38.4 Å². The van der Waals surface area contributed by atoms with E-state index in [9.17, 15) is 8.42 Å². The zero-order chi connectivity index (χ0) is 14.0. The third kappa shape index (κ3) is 4.33. The molecule has 0 saturated heterocycles. The summed E-state index contributed by atoms with van der Waals surface area (Å²) in [6.07, 6.45) is 2.19. The number of hydrogen-bond acceptors (Lipinski definition) is 4. The first-order valence-electron chi connectivity index (χ1n) is 6.03. The molecule has 114 valence electrons. The summed E-state index contributed by atoms with van der Waals surface area (Å²) in [5, 5.41) is 0. The van der Waals surface area contributed by atoms with Gasteiger partial charge in [0.15, 0.2) is 0 Å². The van der Waals surface area contributed by atoms with E-state index in [1.54, 1.807) is 6.07 Å². The van der Waals surface area contributed by atoms with E-state index in [-0.39, 0.29) is 29.9 Å². The summed E-state index contributed by atoms with van der Waals surface area (Å²) in [5.41, 5.74) is 5.88. The third-order valence-electron chi connectivity index (χ3n) is 3.17. The van der Waals surface area contributed by atoms with Crippen LogP contribution in [0.5, 0.6) is 5.75 Å². The number of hydrogen-bond donors (Lipinski definition) is 2. The van der Waals surface area contributed by atoms with Crippen molar-refractivity contribution in [1.82, 2.24) is 4.72 Å². The van der Waals surface area contributed by atoms with E-state index in [2.05, 4.69) is 20.7 Å². The van der Waals surface area contributed by atoms with E-state index in [1.807, 2.05) is 0 Å². The van der Waals surface area contributed by atoms with Crippen LogP contribution in [0.25, 0.3) is 0 Å². The lowest BCUT2D eigenvalue weighted by Crippen LogP contribution is -2.38. The highest BCUT2D eigenvalue weighted by molar-refractivity contribution is 9.10. The number of halogens is 2. The van der Waals surface area contributed by atoms with Crippen LogP contribution in [-0.4, -0.2) is 28.1 Å². The lowest BCUT2D eigenvalue weighted by molar-refractivity contribution is 0.411. The van der Waals surface area contributed by atoms with Gasteiger partial charge in [-0.2, -0.15) is 0 Å². The van der Waals surface area contributed by atoms with Crippen molar-refractivity contribution in [1.29, 1.82) is 0 Å². The first-order valence-corrected chi connectivity index (χ1v) is 8.30. The number of sulfonamides is 1. The average Bonchev–Trinajstić information content (AvgIpc) is 3.20. The molecule has 1 aromatic carbocycles. The largest absolute Gasteiger partial charge is 0.496 e. The molecule has 1 aliphatic rings. The monoisotopic (exact) mass is 384 g/mol. The number of nitrogens with one attached hydrogen (secondary N) is 1. The fourth-order valence-corrected chi connectivity index (χ4v) is 3.59. The Morgan fingerprint density at radius 1 is 1.50 bits per heavy atom. The van der Waals surface area contributed by atoms with Gasteiger partial charge in [-0.15, -0.1) is 12.4 Å². The molecule has 1 aromatic rings. The number of benzene rings is 1. The van der Waals surface area contributed by atoms with E-state index in [0.29, 0.717) is 16.1 Å². The summed E-state index contributed by atoms with van der Waals surface area (Å²) in [6, 6.07) is 4.54. The van der Waals surface area contributed by atoms with Crippen molar-refractivity contribution in [3.8, 4) is 5.75 Å². The molecule has 20 heavy (non-hydrogen) atoms. The van der Waals surface area contributed by atoms with E-state index >= 15 is 0 Å². The molecule has 1 fully saturated rings. The van der Waals surface area contributed by atoms with Crippen LogP contribution in [0.1, 0.15) is 12.8 Å². The van der Waals surface area contributed by atoms with E-state index in [1.165, 1.54) is 19.2 Å². The van der Waals surface area contributed by atoms with Crippen molar-refractivity contribution in [2.24, 2.45) is 11.7 Å². The molecule has 0 amide bonds. The van der Waals surface area contributed by atoms with Crippen LogP contribution in [0.2, 0.25) is 0 Å². The molecule has 5 nitrogen and oxygen atoms in total. The van der Waals surface area contributed by atoms with Gasteiger partial charge in [-0.1, -0.05) is 0 Å². The molecule has 8 heteroatoms. The number of methoxy groups -OCH3 is 1. The predicted octanol–water partition coefficient (Wildman–Crippen LogP) is 1.90. The quantitative estimate of drug-likeness (QED) is 0.783. The Morgan fingerprint density at radius 3 is 2.65 bits per heavy atom. The topological polar surface area (TPSA) is 81.4 Å². The van der Waals surface area contributed by atoms with Crippen LogP contribution in [0, 0.1) is 5.92 Å². The van der Waals surface area contributed by atoms with Crippen molar-refractivity contribution in [3.63, 3.8) is 0 Å². The number of nitrogens with two attached hydrogens (primary N) is 1. The molecule has 1 saturated carbocycles. The Kier molecular flexibility index (Phi) is 6.27. The number of rotatable bonds is 6. The van der Waals surface area contributed by atoms with Crippen LogP contribution in [-0.2, 0) is 10.0 Å². The third-order valence-corrected chi connectivity index (χ3v) is 5.21. The van der Waals surface area contributed by atoms with Crippen molar-refractivity contribution in [2.75, 3.05) is 13.7 Å². The predicted molar refractivity (Wildman–Crippen MR) is 83.8 cm³/mol. The number of ether oxygens (including phenoxy) is 1. The molecule has 1 aliphatic carbocycles. The van der Waals surface area contributed by atoms with Gasteiger partial charge in [-0.3, -0.25) is 0 Å². The zero-order valence-electron chi connectivity index (χ0n) is 11.0. The summed E-state index contributed by atoms with van der Waals surface area (Å²) in [4.78, 5) is 0.197. The van der Waals surface area contributed by atoms with Crippen LogP contribution < -0.4 is 15.2 Å². The Bertz CT molecular complexity index is 564. The van der Waals surface area contributed by atoms with E-state index < -0.39 is 10.0 Å². The second-order valence-electron chi connectivity index (χ2n) is 4.65. The van der Waals surface area contributed by atoms with E-state index in [4.69, 9.17) is 10.5 Å². The molecule has 0 radical (unpaired) electrons. The summed E-state index contributed by atoms with van der Waals surface area (Å²) in [6.45, 7) is 0.274. The molecular weight excluding hydrogens is 368 g/mol. The highest BCUT2D eigenvalue weighted by Gasteiger charge is 2.29. The van der Waals surface area contributed by atoms with Crippen LogP contribution in [0.3, 0.4) is 0 Å². The maximum atomic E-state index is 12.1. The summed E-state index contributed by atoms with van der Waals surface area (Å²) >= 11 is 3.27. The smallest absolute Gasteiger partial charge is 0.240 e. The van der Waals surface area contributed by atoms with Gasteiger partial charge in [0.25, 0.3) is 0 Å². The fraction of sp³-hybridized carbons (Fsp3) is 0.500. The minimum Gasteiger partial charge on any atom is -0.496 e. The zero-order valence-corrected chi connectivity index (χ0v) is 14.2. The van der Waals surface area contributed by atoms with Crippen molar-refractivity contribution < 1.29 is 13.2 Å². The molecule has 1 unspecified atom stereocenters. The normalized spacial score (nSPS) is 16.4. The second-order valence-corrected chi connectivity index (χ2v) is 7.27. The van der Waals surface area contributed by atoms with Gasteiger partial charge in [-0.25, -0.2) is 13.1 Å². The van der Waals surface area contributed by atoms with Crippen molar-refractivity contribution in [3.05, 3.63) is 22.7 Å². The van der Waals surface area contributed by atoms with Gasteiger partial charge < -0.3 is 10.5 Å². The SMILES string of the molecule is COc1ccc(S(=O)(=O)NCC(N)C2CC2)cc1Br.Cl. The molecule has 3 N–H and O–H groups in total. The molecule has 0 heterocycles. The molecule has 0 spiro atoms. The Labute approximate surface area is 133 Å². The molecular formula is C12H18BrClN2O3S. The maximum absolute atomic E-state index is 12.1. The van der Waals surface area contributed by atoms with Crippen molar-refractivity contribution in [2.45, 2.75) is 23.8 Å². The summed E-state index contributed by atoms with van der Waals surface area (Å²) < 4.78 is 32.4. The van der Waals surface area contributed by atoms with Gasteiger partial charge >= 0.3 is 0 Å². The lowest BCUT2D eigenvalue weighted by atomic mass is 10.2. The molecule has 0 aliphatic heterocycles. The minimum absolute atomic E-state index is 0. The first-order chi connectivity index (χ1) is 8.94. The summed E-state index contributed by atoms with van der Waals surface area (Å²) in [5.74, 6) is 1.05. The second kappa shape index (κ2) is 7.09. The average molecular weight is 386 g/mol. The lowest BCUT2D eigenvalue weighted by Gasteiger charge is -2.13. The van der Waals surface area contributed by atoms with Gasteiger partial charge in [0.1, 0.15) is 5.75 Å². The first kappa shape index (κ1) is 17.7. The van der Waals surface area contributed by atoms with E-state index in [0.717, 1.165) is 12.8 Å². The Balaban J connectivity index is 0.00000200. The fourth-order valence-electron chi connectivity index (χ4n) is 1.79. The minimum atomic E-state index is -3.52. The highest BCUT2D eigenvalue weighted by atomic mass is 79.9.